The topological polar surface area (TPSA) is 96.4 Å². The number of pyridine rings is 1. The minimum Gasteiger partial charge on any atom is -0.478 e. The van der Waals surface area contributed by atoms with Gasteiger partial charge in [0, 0.05) is 21.7 Å². The first-order chi connectivity index (χ1) is 14.7. The number of carbonyl (C=O) groups is 1. The number of sulfonamides is 1. The van der Waals surface area contributed by atoms with Gasteiger partial charge in [0.25, 0.3) is 10.0 Å². The van der Waals surface area contributed by atoms with Crippen molar-refractivity contribution in [3.05, 3.63) is 88.9 Å². The van der Waals surface area contributed by atoms with E-state index in [-0.39, 0.29) is 10.5 Å². The van der Waals surface area contributed by atoms with Crippen molar-refractivity contribution in [2.24, 2.45) is 0 Å². The van der Waals surface area contributed by atoms with Crippen LogP contribution in [0.1, 0.15) is 15.9 Å². The monoisotopic (exact) mass is 452 g/mol. The van der Waals surface area contributed by atoms with Crippen LogP contribution in [-0.2, 0) is 10.0 Å². The Bertz CT molecular complexity index is 1420. The van der Waals surface area contributed by atoms with E-state index in [0.717, 1.165) is 5.56 Å². The molecule has 1 heterocycles. The summed E-state index contributed by atoms with van der Waals surface area (Å²) in [6.07, 6.45) is 0. The standard InChI is InChI=1S/C23H17ClN2O4S/c1-14-5-8-18(9-6-14)31(29,30)26-17-4-2-3-15(11-17)22-13-20(23(27)28)19-12-16(24)7-10-21(19)25-22/h2-13,26H,1H3,(H,27,28). The third kappa shape index (κ3) is 4.38. The van der Waals surface area contributed by atoms with Crippen LogP contribution in [0.2, 0.25) is 5.02 Å². The largest absolute Gasteiger partial charge is 0.478 e. The molecule has 0 amide bonds. The lowest BCUT2D eigenvalue weighted by Gasteiger charge is -2.11. The summed E-state index contributed by atoms with van der Waals surface area (Å²) in [4.78, 5) is 16.5. The van der Waals surface area contributed by atoms with Gasteiger partial charge in [0.15, 0.2) is 0 Å². The van der Waals surface area contributed by atoms with Crippen LogP contribution < -0.4 is 4.72 Å². The molecule has 0 aliphatic rings. The molecule has 3 aromatic carbocycles. The Morgan fingerprint density at radius 1 is 1.00 bits per heavy atom. The zero-order valence-electron chi connectivity index (χ0n) is 16.3. The molecule has 6 nitrogen and oxygen atoms in total. The van der Waals surface area contributed by atoms with Crippen LogP contribution in [0.25, 0.3) is 22.2 Å². The third-order valence-corrected chi connectivity index (χ3v) is 6.38. The maximum atomic E-state index is 12.7. The van der Waals surface area contributed by atoms with Crippen LogP contribution in [-0.4, -0.2) is 24.5 Å². The second-order valence-corrected chi connectivity index (χ2v) is 9.14. The second kappa shape index (κ2) is 8.02. The molecule has 0 aliphatic carbocycles. The molecule has 31 heavy (non-hydrogen) atoms. The Hall–Kier alpha value is -3.42. The van der Waals surface area contributed by atoms with Gasteiger partial charge < -0.3 is 5.11 Å². The number of hydrogen-bond donors (Lipinski definition) is 2. The molecule has 156 valence electrons. The Morgan fingerprint density at radius 3 is 2.45 bits per heavy atom. The van der Waals surface area contributed by atoms with Crippen LogP contribution in [0.3, 0.4) is 0 Å². The molecule has 0 radical (unpaired) electrons. The van der Waals surface area contributed by atoms with Gasteiger partial charge in [-0.2, -0.15) is 0 Å². The number of hydrogen-bond acceptors (Lipinski definition) is 4. The smallest absolute Gasteiger partial charge is 0.336 e. The van der Waals surface area contributed by atoms with E-state index in [0.29, 0.717) is 32.9 Å². The van der Waals surface area contributed by atoms with Crippen molar-refractivity contribution < 1.29 is 18.3 Å². The van der Waals surface area contributed by atoms with Crippen molar-refractivity contribution in [1.29, 1.82) is 0 Å². The van der Waals surface area contributed by atoms with E-state index in [2.05, 4.69) is 9.71 Å². The SMILES string of the molecule is Cc1ccc(S(=O)(=O)Nc2cccc(-c3cc(C(=O)O)c4cc(Cl)ccc4n3)c2)cc1. The van der Waals surface area contributed by atoms with Crippen LogP contribution >= 0.6 is 11.6 Å². The maximum absolute atomic E-state index is 12.7. The first-order valence-electron chi connectivity index (χ1n) is 9.26. The highest BCUT2D eigenvalue weighted by Crippen LogP contribution is 2.29. The van der Waals surface area contributed by atoms with E-state index < -0.39 is 16.0 Å². The summed E-state index contributed by atoms with van der Waals surface area (Å²) in [6, 6.07) is 19.5. The number of aryl methyl sites for hydroxylation is 1. The number of aromatic carboxylic acids is 1. The Labute approximate surface area is 184 Å². The van der Waals surface area contributed by atoms with E-state index in [4.69, 9.17) is 11.6 Å². The van der Waals surface area contributed by atoms with Gasteiger partial charge in [-0.05, 0) is 55.5 Å². The van der Waals surface area contributed by atoms with E-state index in [9.17, 15) is 18.3 Å². The van der Waals surface area contributed by atoms with Crippen molar-refractivity contribution in [2.45, 2.75) is 11.8 Å². The average Bonchev–Trinajstić information content (AvgIpc) is 2.73. The predicted molar refractivity (Wildman–Crippen MR) is 121 cm³/mol. The molecule has 0 unspecified atom stereocenters. The normalized spacial score (nSPS) is 11.4. The molecule has 0 bridgehead atoms. The summed E-state index contributed by atoms with van der Waals surface area (Å²) in [5.41, 5.74) is 2.82. The second-order valence-electron chi connectivity index (χ2n) is 7.02. The maximum Gasteiger partial charge on any atom is 0.336 e. The highest BCUT2D eigenvalue weighted by molar-refractivity contribution is 7.92. The molecule has 0 saturated carbocycles. The number of nitrogens with one attached hydrogen (secondary N) is 1. The molecule has 0 spiro atoms. The van der Waals surface area contributed by atoms with E-state index in [1.54, 1.807) is 54.6 Å². The number of fused-ring (bicyclic) bond motifs is 1. The highest BCUT2D eigenvalue weighted by Gasteiger charge is 2.16. The lowest BCUT2D eigenvalue weighted by molar-refractivity contribution is 0.0699. The Morgan fingerprint density at radius 2 is 1.74 bits per heavy atom. The van der Waals surface area contributed by atoms with E-state index in [1.165, 1.54) is 18.2 Å². The quantitative estimate of drug-likeness (QED) is 0.424. The number of carboxylic acid groups (broad SMARTS) is 1. The first-order valence-corrected chi connectivity index (χ1v) is 11.1. The summed E-state index contributed by atoms with van der Waals surface area (Å²) >= 11 is 6.01. The lowest BCUT2D eigenvalue weighted by atomic mass is 10.0. The molecule has 0 saturated heterocycles. The molecular formula is C23H17ClN2O4S. The summed E-state index contributed by atoms with van der Waals surface area (Å²) in [6.45, 7) is 1.88. The third-order valence-electron chi connectivity index (χ3n) is 4.74. The molecule has 0 fully saturated rings. The van der Waals surface area contributed by atoms with Crippen molar-refractivity contribution in [2.75, 3.05) is 4.72 Å². The number of carboxylic acids is 1. The summed E-state index contributed by atoms with van der Waals surface area (Å²) < 4.78 is 27.9. The van der Waals surface area contributed by atoms with E-state index >= 15 is 0 Å². The molecule has 0 aliphatic heterocycles. The first kappa shape index (κ1) is 20.8. The lowest BCUT2D eigenvalue weighted by Crippen LogP contribution is -2.12. The molecular weight excluding hydrogens is 436 g/mol. The van der Waals surface area contributed by atoms with Crippen LogP contribution in [0.4, 0.5) is 5.69 Å². The van der Waals surface area contributed by atoms with Crippen molar-refractivity contribution in [3.8, 4) is 11.3 Å². The van der Waals surface area contributed by atoms with E-state index in [1.807, 2.05) is 6.92 Å². The molecule has 8 heteroatoms. The van der Waals surface area contributed by atoms with Gasteiger partial charge in [-0.1, -0.05) is 41.4 Å². The van der Waals surface area contributed by atoms with Crippen molar-refractivity contribution in [1.82, 2.24) is 4.98 Å². The Kier molecular flexibility index (Phi) is 5.39. The molecule has 4 rings (SSSR count). The van der Waals surface area contributed by atoms with Gasteiger partial charge in [0.1, 0.15) is 0 Å². The summed E-state index contributed by atoms with van der Waals surface area (Å²) in [5, 5.41) is 10.5. The molecule has 0 atom stereocenters. The average molecular weight is 453 g/mol. The zero-order valence-corrected chi connectivity index (χ0v) is 17.9. The molecule has 4 aromatic rings. The summed E-state index contributed by atoms with van der Waals surface area (Å²) in [7, 11) is -3.77. The number of nitrogens with zero attached hydrogens (tertiary/aromatic N) is 1. The minimum atomic E-state index is -3.77. The summed E-state index contributed by atoms with van der Waals surface area (Å²) in [5.74, 6) is -1.10. The number of aromatic nitrogens is 1. The predicted octanol–water partition coefficient (Wildman–Crippen LogP) is 5.36. The Balaban J connectivity index is 1.75. The van der Waals surface area contributed by atoms with Gasteiger partial charge in [-0.15, -0.1) is 0 Å². The van der Waals surface area contributed by atoms with Gasteiger partial charge in [0.05, 0.1) is 21.7 Å². The van der Waals surface area contributed by atoms with Crippen molar-refractivity contribution >= 4 is 44.2 Å². The van der Waals surface area contributed by atoms with Crippen LogP contribution in [0, 0.1) is 6.92 Å². The van der Waals surface area contributed by atoms with Gasteiger partial charge in [-0.25, -0.2) is 18.2 Å². The van der Waals surface area contributed by atoms with Gasteiger partial charge in [-0.3, -0.25) is 4.72 Å². The minimum absolute atomic E-state index is 0.0631. The fourth-order valence-electron chi connectivity index (χ4n) is 3.20. The zero-order chi connectivity index (χ0) is 22.2. The van der Waals surface area contributed by atoms with Gasteiger partial charge >= 0.3 is 5.97 Å². The fourth-order valence-corrected chi connectivity index (χ4v) is 4.42. The highest BCUT2D eigenvalue weighted by atomic mass is 35.5. The van der Waals surface area contributed by atoms with Crippen LogP contribution in [0.5, 0.6) is 0 Å². The number of rotatable bonds is 5. The number of halogens is 1. The van der Waals surface area contributed by atoms with Crippen molar-refractivity contribution in [3.63, 3.8) is 0 Å². The number of anilines is 1. The number of benzene rings is 3. The van der Waals surface area contributed by atoms with Crippen LogP contribution in [0.15, 0.2) is 77.7 Å². The molecule has 2 N–H and O–H groups in total. The van der Waals surface area contributed by atoms with Gasteiger partial charge in [0.2, 0.25) is 0 Å². The fraction of sp³-hybridized carbons (Fsp3) is 0.0435. The molecule has 1 aromatic heterocycles.